The van der Waals surface area contributed by atoms with E-state index in [9.17, 15) is 9.59 Å². The van der Waals surface area contributed by atoms with Gasteiger partial charge in [0, 0.05) is 47.4 Å². The van der Waals surface area contributed by atoms with Crippen molar-refractivity contribution < 1.29 is 18.7 Å². The monoisotopic (exact) mass is 516 g/mol. The van der Waals surface area contributed by atoms with Crippen LogP contribution in [0.15, 0.2) is 73.3 Å². The van der Waals surface area contributed by atoms with Gasteiger partial charge in [0.1, 0.15) is 11.1 Å². The van der Waals surface area contributed by atoms with Crippen LogP contribution in [0.25, 0.3) is 0 Å². The lowest BCUT2D eigenvalue weighted by Crippen LogP contribution is -2.43. The Kier molecular flexibility index (Phi) is 9.78. The van der Waals surface area contributed by atoms with Crippen molar-refractivity contribution in [1.29, 1.82) is 0 Å². The minimum absolute atomic E-state index is 0.0577. The zero-order valence-corrected chi connectivity index (χ0v) is 24.3. The molecule has 1 aromatic carbocycles. The fourth-order valence-electron chi connectivity index (χ4n) is 5.09. The molecule has 0 bridgehead atoms. The summed E-state index contributed by atoms with van der Waals surface area (Å²) < 4.78 is 4.11. The highest BCUT2D eigenvalue weighted by Crippen LogP contribution is 2.13. The molecule has 0 unspecified atom stereocenters. The number of hydrogen-bond acceptors (Lipinski definition) is 2. The van der Waals surface area contributed by atoms with E-state index in [4.69, 9.17) is 0 Å². The smallest absolute Gasteiger partial charge is 0.260 e. The number of hydrogen-bond donors (Lipinski definition) is 0. The van der Waals surface area contributed by atoms with E-state index in [2.05, 4.69) is 88.8 Å². The predicted octanol–water partition coefficient (Wildman–Crippen LogP) is 4.88. The average molecular weight is 517 g/mol. The molecule has 2 aromatic heterocycles. The predicted molar refractivity (Wildman–Crippen MR) is 151 cm³/mol. The zero-order chi connectivity index (χ0) is 28.0. The molecule has 3 rings (SSSR count). The Morgan fingerprint density at radius 2 is 0.895 bits per heavy atom. The molecule has 0 spiro atoms. The van der Waals surface area contributed by atoms with Gasteiger partial charge in [-0.2, -0.15) is 9.13 Å². The van der Waals surface area contributed by atoms with Crippen LogP contribution in [0.2, 0.25) is 0 Å². The lowest BCUT2D eigenvalue weighted by molar-refractivity contribution is -0.689. The van der Waals surface area contributed by atoms with Gasteiger partial charge < -0.3 is 9.80 Å². The molecule has 2 heterocycles. The minimum Gasteiger partial charge on any atom is -0.334 e. The minimum atomic E-state index is 0.0577. The van der Waals surface area contributed by atoms with E-state index in [1.54, 1.807) is 0 Å². The molecule has 0 atom stereocenters. The van der Waals surface area contributed by atoms with E-state index in [1.807, 2.05) is 58.9 Å². The van der Waals surface area contributed by atoms with Gasteiger partial charge in [0.25, 0.3) is 11.8 Å². The Morgan fingerprint density at radius 1 is 0.579 bits per heavy atom. The lowest BCUT2D eigenvalue weighted by atomic mass is 10.1. The van der Waals surface area contributed by atoms with Crippen molar-refractivity contribution in [2.45, 2.75) is 92.6 Å². The highest BCUT2D eigenvalue weighted by atomic mass is 16.2. The van der Waals surface area contributed by atoms with Crippen molar-refractivity contribution in [3.05, 3.63) is 95.6 Å². The molecule has 0 aliphatic heterocycles. The number of aromatic nitrogens is 2. The van der Waals surface area contributed by atoms with Crippen LogP contribution in [-0.2, 0) is 13.1 Å². The summed E-state index contributed by atoms with van der Waals surface area (Å²) in [7, 11) is 0. The second-order valence-electron chi connectivity index (χ2n) is 11.1. The third-order valence-electron chi connectivity index (χ3n) is 6.66. The maximum absolute atomic E-state index is 13.1. The maximum atomic E-state index is 13.1. The second kappa shape index (κ2) is 12.8. The fourth-order valence-corrected chi connectivity index (χ4v) is 5.09. The Hall–Kier alpha value is -3.54. The highest BCUT2D eigenvalue weighted by Gasteiger charge is 2.24. The van der Waals surface area contributed by atoms with Gasteiger partial charge in [0.2, 0.25) is 0 Å². The van der Waals surface area contributed by atoms with E-state index in [0.717, 1.165) is 11.1 Å². The quantitative estimate of drug-likeness (QED) is 0.361. The number of benzene rings is 1. The van der Waals surface area contributed by atoms with E-state index in [-0.39, 0.29) is 36.0 Å². The molecule has 0 aliphatic carbocycles. The van der Waals surface area contributed by atoms with Gasteiger partial charge in [0.15, 0.2) is 37.9 Å². The van der Waals surface area contributed by atoms with Crippen LogP contribution in [0.5, 0.6) is 0 Å². The van der Waals surface area contributed by atoms with E-state index in [1.165, 1.54) is 0 Å². The molecule has 2 amide bonds. The van der Waals surface area contributed by atoms with Crippen LogP contribution < -0.4 is 9.13 Å². The van der Waals surface area contributed by atoms with Gasteiger partial charge in [-0.05, 0) is 67.5 Å². The van der Waals surface area contributed by atoms with E-state index in [0.29, 0.717) is 24.2 Å². The molecule has 0 fully saturated rings. The largest absolute Gasteiger partial charge is 0.334 e. The van der Waals surface area contributed by atoms with Gasteiger partial charge in [-0.15, -0.1) is 0 Å². The van der Waals surface area contributed by atoms with Crippen LogP contribution in [0.4, 0.5) is 0 Å². The van der Waals surface area contributed by atoms with Crippen molar-refractivity contribution in [1.82, 2.24) is 9.80 Å². The van der Waals surface area contributed by atoms with Crippen LogP contribution in [0.3, 0.4) is 0 Å². The molecule has 0 N–H and O–H groups in total. The summed E-state index contributed by atoms with van der Waals surface area (Å²) in [6.45, 7) is 17.8. The van der Waals surface area contributed by atoms with Crippen molar-refractivity contribution in [3.8, 4) is 0 Å². The van der Waals surface area contributed by atoms with Crippen LogP contribution in [0.1, 0.15) is 87.2 Å². The molecule has 3 aromatic rings. The molecule has 38 heavy (non-hydrogen) atoms. The summed E-state index contributed by atoms with van der Waals surface area (Å²) in [6, 6.07) is 16.7. The number of rotatable bonds is 10. The molecule has 0 saturated carbocycles. The number of nitrogens with zero attached hydrogens (tertiary/aromatic N) is 4. The average Bonchev–Trinajstić information content (AvgIpc) is 2.84. The summed E-state index contributed by atoms with van der Waals surface area (Å²) in [5.41, 5.74) is 3.72. The highest BCUT2D eigenvalue weighted by molar-refractivity contribution is 5.94. The fraction of sp³-hybridized carbons (Fsp3) is 0.438. The van der Waals surface area contributed by atoms with Crippen LogP contribution in [-0.4, -0.2) is 45.8 Å². The van der Waals surface area contributed by atoms with Gasteiger partial charge in [-0.1, -0.05) is 24.3 Å². The number of carbonyl (C=O) groups is 2. The third-order valence-corrected chi connectivity index (χ3v) is 6.66. The van der Waals surface area contributed by atoms with Gasteiger partial charge >= 0.3 is 0 Å². The van der Waals surface area contributed by atoms with Gasteiger partial charge in [-0.3, -0.25) is 9.59 Å². The van der Waals surface area contributed by atoms with Crippen molar-refractivity contribution in [2.24, 2.45) is 0 Å². The van der Waals surface area contributed by atoms with Crippen molar-refractivity contribution in [2.75, 3.05) is 0 Å². The number of carbonyl (C=O) groups excluding carboxylic acids is 2. The van der Waals surface area contributed by atoms with Crippen molar-refractivity contribution >= 4 is 11.8 Å². The first-order chi connectivity index (χ1) is 18.0. The molecule has 0 aliphatic rings. The Labute approximate surface area is 228 Å². The number of amides is 2. The first-order valence-electron chi connectivity index (χ1n) is 13.7. The Bertz CT molecular complexity index is 1120. The zero-order valence-electron chi connectivity index (χ0n) is 24.3. The molecular weight excluding hydrogens is 472 g/mol. The number of pyridine rings is 2. The first-order valence-corrected chi connectivity index (χ1v) is 13.7. The Balaban J connectivity index is 1.70. The topological polar surface area (TPSA) is 48.4 Å². The SMILES string of the molecule is CC(C)N(C(=O)c1ccc[n+](Cc2ccc(C[n+]3cccc(C(=O)N(C(C)C)C(C)C)c3)cc2)c1)C(C)C. The van der Waals surface area contributed by atoms with Crippen molar-refractivity contribution in [3.63, 3.8) is 0 Å². The standard InChI is InChI=1S/C32H44N4O2/c1-23(2)35(24(3)4)31(37)29-11-9-17-33(21-29)19-27-13-15-28(16-14-27)20-34-18-10-12-30(22-34)32(38)36(25(5)6)26(7)8/h9-18,21-26H,19-20H2,1-8H3/q+2. The summed E-state index contributed by atoms with van der Waals surface area (Å²) in [5, 5.41) is 0. The van der Waals surface area contributed by atoms with Gasteiger partial charge in [0.05, 0.1) is 0 Å². The van der Waals surface area contributed by atoms with Crippen LogP contribution >= 0.6 is 0 Å². The molecule has 6 heteroatoms. The third kappa shape index (κ3) is 7.27. The van der Waals surface area contributed by atoms with Gasteiger partial charge in [-0.25, -0.2) is 0 Å². The Morgan fingerprint density at radius 3 is 1.18 bits per heavy atom. The lowest BCUT2D eigenvalue weighted by Gasteiger charge is -2.30. The first kappa shape index (κ1) is 29.0. The molecular formula is C32H44N4O2+2. The summed E-state index contributed by atoms with van der Waals surface area (Å²) >= 11 is 0. The molecule has 0 radical (unpaired) electrons. The van der Waals surface area contributed by atoms with Crippen LogP contribution in [0, 0.1) is 0 Å². The van der Waals surface area contributed by atoms with E-state index >= 15 is 0 Å². The van der Waals surface area contributed by atoms with E-state index < -0.39 is 0 Å². The molecule has 0 saturated heterocycles. The normalized spacial score (nSPS) is 11.5. The maximum Gasteiger partial charge on any atom is 0.260 e. The summed E-state index contributed by atoms with van der Waals surface area (Å²) in [4.78, 5) is 30.0. The molecule has 6 nitrogen and oxygen atoms in total. The second-order valence-corrected chi connectivity index (χ2v) is 11.1. The summed E-state index contributed by atoms with van der Waals surface area (Å²) in [5.74, 6) is 0.115. The molecule has 202 valence electrons. The summed E-state index contributed by atoms with van der Waals surface area (Å²) in [6.07, 6.45) is 7.86.